The predicted octanol–water partition coefficient (Wildman–Crippen LogP) is 1.43. The van der Waals surface area contributed by atoms with Crippen molar-refractivity contribution in [2.24, 2.45) is 5.92 Å². The molecule has 1 atom stereocenters. The molecule has 0 radical (unpaired) electrons. The Bertz CT molecular complexity index is 140. The van der Waals surface area contributed by atoms with Crippen LogP contribution in [-0.2, 0) is 9.47 Å². The highest BCUT2D eigenvalue weighted by Gasteiger charge is 2.22. The first-order valence-corrected chi connectivity index (χ1v) is 5.56. The summed E-state index contributed by atoms with van der Waals surface area (Å²) in [5, 5.41) is 3.46. The highest BCUT2D eigenvalue weighted by Crippen LogP contribution is 2.18. The second-order valence-electron chi connectivity index (χ2n) is 4.49. The van der Waals surface area contributed by atoms with E-state index in [-0.39, 0.29) is 6.10 Å². The third-order valence-corrected chi connectivity index (χ3v) is 2.23. The van der Waals surface area contributed by atoms with Gasteiger partial charge in [-0.3, -0.25) is 0 Å². The molecule has 0 heterocycles. The number of ether oxygens (including phenoxy) is 2. The van der Waals surface area contributed by atoms with E-state index in [1.807, 2.05) is 0 Å². The van der Waals surface area contributed by atoms with Crippen LogP contribution in [0.5, 0.6) is 0 Å². The molecule has 1 saturated carbocycles. The van der Waals surface area contributed by atoms with E-state index in [1.165, 1.54) is 12.8 Å². The fourth-order valence-corrected chi connectivity index (χ4v) is 1.27. The quantitative estimate of drug-likeness (QED) is 0.644. The minimum absolute atomic E-state index is 0.211. The van der Waals surface area contributed by atoms with E-state index in [2.05, 4.69) is 19.2 Å². The van der Waals surface area contributed by atoms with E-state index in [0.717, 1.165) is 19.2 Å². The summed E-state index contributed by atoms with van der Waals surface area (Å²) >= 11 is 0. The van der Waals surface area contributed by atoms with Crippen molar-refractivity contribution in [2.45, 2.75) is 38.8 Å². The molecule has 1 rings (SSSR count). The average Bonchev–Trinajstić information content (AvgIpc) is 2.93. The molecule has 1 aliphatic carbocycles. The molecule has 3 nitrogen and oxygen atoms in total. The zero-order chi connectivity index (χ0) is 10.4. The first-order valence-electron chi connectivity index (χ1n) is 5.56. The molecule has 0 bridgehead atoms. The molecule has 0 aliphatic heterocycles. The largest absolute Gasteiger partial charge is 0.382 e. The van der Waals surface area contributed by atoms with Gasteiger partial charge >= 0.3 is 0 Å². The molecular formula is C11H23NO2. The maximum Gasteiger partial charge on any atom is 0.0932 e. The van der Waals surface area contributed by atoms with Crippen LogP contribution in [0.3, 0.4) is 0 Å². The van der Waals surface area contributed by atoms with Crippen LogP contribution in [0.2, 0.25) is 0 Å². The van der Waals surface area contributed by atoms with Crippen LogP contribution in [-0.4, -0.2) is 39.0 Å². The molecule has 14 heavy (non-hydrogen) atoms. The van der Waals surface area contributed by atoms with Gasteiger partial charge in [0.15, 0.2) is 0 Å². The Balaban J connectivity index is 2.08. The molecule has 1 N–H and O–H groups in total. The Hall–Kier alpha value is -0.120. The van der Waals surface area contributed by atoms with E-state index in [4.69, 9.17) is 9.47 Å². The maximum absolute atomic E-state index is 5.73. The second kappa shape index (κ2) is 6.38. The molecule has 0 saturated heterocycles. The normalized spacial score (nSPS) is 18.9. The van der Waals surface area contributed by atoms with Crippen molar-refractivity contribution in [3.63, 3.8) is 0 Å². The predicted molar refractivity (Wildman–Crippen MR) is 57.5 cm³/mol. The van der Waals surface area contributed by atoms with Gasteiger partial charge in [0.05, 0.1) is 12.7 Å². The molecule has 1 aliphatic rings. The highest BCUT2D eigenvalue weighted by molar-refractivity contribution is 4.82. The van der Waals surface area contributed by atoms with E-state index in [0.29, 0.717) is 12.5 Å². The monoisotopic (exact) mass is 201 g/mol. The molecule has 0 amide bonds. The van der Waals surface area contributed by atoms with Gasteiger partial charge in [-0.05, 0) is 18.8 Å². The summed E-state index contributed by atoms with van der Waals surface area (Å²) in [5.41, 5.74) is 0. The van der Waals surface area contributed by atoms with Crippen molar-refractivity contribution in [3.8, 4) is 0 Å². The van der Waals surface area contributed by atoms with Crippen LogP contribution in [0.25, 0.3) is 0 Å². The topological polar surface area (TPSA) is 30.5 Å². The molecule has 0 aromatic rings. The zero-order valence-electron chi connectivity index (χ0n) is 9.58. The molecule has 84 valence electrons. The molecule has 0 aromatic heterocycles. The van der Waals surface area contributed by atoms with Gasteiger partial charge in [0.25, 0.3) is 0 Å². The van der Waals surface area contributed by atoms with Crippen LogP contribution in [0.1, 0.15) is 26.7 Å². The summed E-state index contributed by atoms with van der Waals surface area (Å²) in [5.74, 6) is 0.593. The van der Waals surface area contributed by atoms with Crippen LogP contribution in [0.4, 0.5) is 0 Å². The van der Waals surface area contributed by atoms with Crippen LogP contribution in [0, 0.1) is 5.92 Å². The van der Waals surface area contributed by atoms with Crippen molar-refractivity contribution in [2.75, 3.05) is 26.9 Å². The molecular weight excluding hydrogens is 178 g/mol. The number of hydrogen-bond acceptors (Lipinski definition) is 3. The summed E-state index contributed by atoms with van der Waals surface area (Å²) in [6.07, 6.45) is 2.86. The smallest absolute Gasteiger partial charge is 0.0932 e. The fraction of sp³-hybridized carbons (Fsp3) is 1.00. The Labute approximate surface area is 87.2 Å². The van der Waals surface area contributed by atoms with Crippen LogP contribution < -0.4 is 5.32 Å². The Morgan fingerprint density at radius 3 is 2.50 bits per heavy atom. The molecule has 3 heteroatoms. The van der Waals surface area contributed by atoms with Crippen LogP contribution in [0.15, 0.2) is 0 Å². The summed E-state index contributed by atoms with van der Waals surface area (Å²) in [4.78, 5) is 0. The van der Waals surface area contributed by atoms with E-state index < -0.39 is 0 Å². The Morgan fingerprint density at radius 1 is 1.29 bits per heavy atom. The van der Waals surface area contributed by atoms with Crippen molar-refractivity contribution in [1.82, 2.24) is 5.32 Å². The van der Waals surface area contributed by atoms with Gasteiger partial charge in [-0.15, -0.1) is 0 Å². The molecule has 1 fully saturated rings. The maximum atomic E-state index is 5.73. The van der Waals surface area contributed by atoms with E-state index in [9.17, 15) is 0 Å². The van der Waals surface area contributed by atoms with Crippen molar-refractivity contribution >= 4 is 0 Å². The number of methoxy groups -OCH3 is 1. The van der Waals surface area contributed by atoms with Gasteiger partial charge in [0.2, 0.25) is 0 Å². The minimum Gasteiger partial charge on any atom is -0.382 e. The lowest BCUT2D eigenvalue weighted by Gasteiger charge is -2.18. The van der Waals surface area contributed by atoms with Crippen molar-refractivity contribution < 1.29 is 9.47 Å². The van der Waals surface area contributed by atoms with Gasteiger partial charge in [0, 0.05) is 26.3 Å². The summed E-state index contributed by atoms with van der Waals surface area (Å²) < 4.78 is 10.9. The first kappa shape index (κ1) is 12.0. The summed E-state index contributed by atoms with van der Waals surface area (Å²) in [6, 6.07) is 0.747. The van der Waals surface area contributed by atoms with Crippen molar-refractivity contribution in [1.29, 1.82) is 0 Å². The standard InChI is InChI=1S/C11H23NO2/c1-9(2)7-14-11(8-13-3)6-12-10-4-5-10/h9-12H,4-8H2,1-3H3. The third-order valence-electron chi connectivity index (χ3n) is 2.23. The lowest BCUT2D eigenvalue weighted by atomic mass is 10.2. The lowest BCUT2D eigenvalue weighted by Crippen LogP contribution is -2.34. The summed E-state index contributed by atoms with van der Waals surface area (Å²) in [7, 11) is 1.73. The van der Waals surface area contributed by atoms with Gasteiger partial charge < -0.3 is 14.8 Å². The number of rotatable bonds is 8. The van der Waals surface area contributed by atoms with Gasteiger partial charge in [0.1, 0.15) is 0 Å². The van der Waals surface area contributed by atoms with Crippen LogP contribution >= 0.6 is 0 Å². The van der Waals surface area contributed by atoms with Gasteiger partial charge in [-0.25, -0.2) is 0 Å². The molecule has 0 spiro atoms. The first-order chi connectivity index (χ1) is 6.72. The molecule has 1 unspecified atom stereocenters. The number of hydrogen-bond donors (Lipinski definition) is 1. The lowest BCUT2D eigenvalue weighted by molar-refractivity contribution is -0.0118. The van der Waals surface area contributed by atoms with E-state index >= 15 is 0 Å². The highest BCUT2D eigenvalue weighted by atomic mass is 16.5. The van der Waals surface area contributed by atoms with E-state index in [1.54, 1.807) is 7.11 Å². The SMILES string of the molecule is COCC(CNC1CC1)OCC(C)C. The Morgan fingerprint density at radius 2 is 2.00 bits per heavy atom. The van der Waals surface area contributed by atoms with Gasteiger partial charge in [-0.1, -0.05) is 13.8 Å². The minimum atomic E-state index is 0.211. The fourth-order valence-electron chi connectivity index (χ4n) is 1.27. The van der Waals surface area contributed by atoms with Crippen molar-refractivity contribution in [3.05, 3.63) is 0 Å². The molecule has 0 aromatic carbocycles. The second-order valence-corrected chi connectivity index (χ2v) is 4.49. The third kappa shape index (κ3) is 5.58. The average molecular weight is 201 g/mol. The Kier molecular flexibility index (Phi) is 5.45. The number of nitrogens with one attached hydrogen (secondary N) is 1. The zero-order valence-corrected chi connectivity index (χ0v) is 9.58. The summed E-state index contributed by atoms with van der Waals surface area (Å²) in [6.45, 7) is 6.76. The van der Waals surface area contributed by atoms with Gasteiger partial charge in [-0.2, -0.15) is 0 Å².